The van der Waals surface area contributed by atoms with E-state index in [0.717, 1.165) is 0 Å². The number of benzene rings is 1. The molecule has 0 bridgehead atoms. The lowest BCUT2D eigenvalue weighted by molar-refractivity contribution is -0.384. The van der Waals surface area contributed by atoms with Gasteiger partial charge in [-0.1, -0.05) is 28.1 Å². The van der Waals surface area contributed by atoms with Crippen LogP contribution in [-0.4, -0.2) is 10.7 Å². The summed E-state index contributed by atoms with van der Waals surface area (Å²) in [5, 5.41) is 10.5. The molecule has 1 aromatic heterocycles. The molecule has 1 heterocycles. The molecule has 0 saturated heterocycles. The second-order valence-corrected chi connectivity index (χ2v) is 4.47. The molecule has 0 saturated carbocycles. The fraction of sp³-hybridized carbons (Fsp3) is 0.0833. The number of non-ortho nitro benzene ring substituents is 1. The minimum atomic E-state index is -0.579. The van der Waals surface area contributed by atoms with Gasteiger partial charge in [-0.15, -0.1) is 0 Å². The van der Waals surface area contributed by atoms with Gasteiger partial charge in [0.05, 0.1) is 11.2 Å². The first-order valence-corrected chi connectivity index (χ1v) is 5.97. The number of nitrogens with zero attached hydrogens (tertiary/aromatic N) is 1. The lowest BCUT2D eigenvalue weighted by Crippen LogP contribution is -2.05. The molecule has 1 aromatic carbocycles. The maximum Gasteiger partial charge on any atom is 0.269 e. The van der Waals surface area contributed by atoms with E-state index in [9.17, 15) is 14.9 Å². The Labute approximate surface area is 111 Å². The van der Waals surface area contributed by atoms with Crippen molar-refractivity contribution >= 4 is 27.4 Å². The summed E-state index contributed by atoms with van der Waals surface area (Å²) in [4.78, 5) is 21.4. The monoisotopic (exact) mass is 309 g/mol. The third kappa shape index (κ3) is 2.48. The van der Waals surface area contributed by atoms with E-state index in [1.807, 2.05) is 0 Å². The summed E-state index contributed by atoms with van der Waals surface area (Å²) in [6.45, 7) is 0. The molecular weight excluding hydrogens is 302 g/mol. The van der Waals surface area contributed by atoms with Crippen molar-refractivity contribution in [2.45, 2.75) is 4.83 Å². The molecule has 0 spiro atoms. The van der Waals surface area contributed by atoms with Crippen molar-refractivity contribution in [3.63, 3.8) is 0 Å². The van der Waals surface area contributed by atoms with Crippen LogP contribution in [0.5, 0.6) is 0 Å². The van der Waals surface area contributed by atoms with Crippen LogP contribution >= 0.6 is 15.9 Å². The van der Waals surface area contributed by atoms with Gasteiger partial charge in [0, 0.05) is 12.1 Å². The van der Waals surface area contributed by atoms with Crippen LogP contribution in [0.2, 0.25) is 0 Å². The number of carbonyl (C=O) groups excluding carboxylic acids is 1. The zero-order valence-electron chi connectivity index (χ0n) is 9.08. The zero-order valence-corrected chi connectivity index (χ0v) is 10.7. The molecule has 1 atom stereocenters. The van der Waals surface area contributed by atoms with Gasteiger partial charge >= 0.3 is 0 Å². The van der Waals surface area contributed by atoms with E-state index in [2.05, 4.69) is 15.9 Å². The van der Waals surface area contributed by atoms with Crippen molar-refractivity contribution in [1.82, 2.24) is 0 Å². The quantitative estimate of drug-likeness (QED) is 0.375. The molecule has 2 rings (SSSR count). The highest BCUT2D eigenvalue weighted by atomic mass is 79.9. The van der Waals surface area contributed by atoms with Crippen molar-refractivity contribution in [2.24, 2.45) is 0 Å². The van der Waals surface area contributed by atoms with Crippen LogP contribution in [0.25, 0.3) is 0 Å². The largest absolute Gasteiger partial charge is 0.461 e. The number of halogens is 1. The second kappa shape index (κ2) is 5.14. The molecule has 0 aliphatic carbocycles. The molecule has 0 amide bonds. The summed E-state index contributed by atoms with van der Waals surface area (Å²) in [5.41, 5.74) is 0.630. The number of carbonyl (C=O) groups is 1. The summed E-state index contributed by atoms with van der Waals surface area (Å²) in [7, 11) is 0. The zero-order chi connectivity index (χ0) is 13.1. The van der Waals surface area contributed by atoms with Gasteiger partial charge in [-0.25, -0.2) is 0 Å². The fourth-order valence-electron chi connectivity index (χ4n) is 1.46. The van der Waals surface area contributed by atoms with Gasteiger partial charge in [-0.2, -0.15) is 0 Å². The number of ketones is 1. The summed E-state index contributed by atoms with van der Waals surface area (Å²) < 4.78 is 5.01. The Kier molecular flexibility index (Phi) is 3.57. The molecule has 0 fully saturated rings. The van der Waals surface area contributed by atoms with E-state index in [-0.39, 0.29) is 17.2 Å². The Balaban J connectivity index is 2.21. The minimum absolute atomic E-state index is 0.0103. The molecule has 5 nitrogen and oxygen atoms in total. The average molecular weight is 310 g/mol. The summed E-state index contributed by atoms with van der Waals surface area (Å²) in [6.07, 6.45) is 1.42. The number of hydrogen-bond acceptors (Lipinski definition) is 4. The van der Waals surface area contributed by atoms with Crippen LogP contribution in [-0.2, 0) is 0 Å². The van der Waals surface area contributed by atoms with Crippen LogP contribution in [0.4, 0.5) is 5.69 Å². The lowest BCUT2D eigenvalue weighted by Gasteiger charge is -2.06. The van der Waals surface area contributed by atoms with Crippen LogP contribution in [0, 0.1) is 10.1 Å². The maximum atomic E-state index is 12.0. The lowest BCUT2D eigenvalue weighted by atomic mass is 10.1. The molecule has 0 N–H and O–H groups in total. The number of rotatable bonds is 4. The van der Waals surface area contributed by atoms with Crippen molar-refractivity contribution in [1.29, 1.82) is 0 Å². The van der Waals surface area contributed by atoms with E-state index in [4.69, 9.17) is 4.42 Å². The van der Waals surface area contributed by atoms with Crippen LogP contribution in [0.15, 0.2) is 47.1 Å². The Morgan fingerprint density at radius 1 is 1.28 bits per heavy atom. The van der Waals surface area contributed by atoms with E-state index in [0.29, 0.717) is 5.56 Å². The molecule has 18 heavy (non-hydrogen) atoms. The van der Waals surface area contributed by atoms with E-state index in [1.54, 1.807) is 24.3 Å². The normalized spacial score (nSPS) is 12.1. The van der Waals surface area contributed by atoms with E-state index >= 15 is 0 Å². The Morgan fingerprint density at radius 2 is 1.94 bits per heavy atom. The number of nitro groups is 1. The molecule has 0 radical (unpaired) electrons. The fourth-order valence-corrected chi connectivity index (χ4v) is 1.99. The standard InChI is InChI=1S/C12H8BrNO4/c13-11(12(15)10-2-1-7-18-10)8-3-5-9(6-4-8)14(16)17/h1-7,11H. The van der Waals surface area contributed by atoms with Crippen molar-refractivity contribution in [3.05, 3.63) is 64.1 Å². The van der Waals surface area contributed by atoms with E-state index in [1.165, 1.54) is 18.4 Å². The predicted molar refractivity (Wildman–Crippen MR) is 67.8 cm³/mol. The van der Waals surface area contributed by atoms with Crippen molar-refractivity contribution < 1.29 is 14.1 Å². The molecule has 6 heteroatoms. The van der Waals surface area contributed by atoms with Gasteiger partial charge in [0.15, 0.2) is 5.76 Å². The van der Waals surface area contributed by atoms with Crippen LogP contribution in [0.1, 0.15) is 20.9 Å². The number of furan rings is 1. The number of nitro benzene ring substituents is 1. The first-order valence-electron chi connectivity index (χ1n) is 5.05. The third-order valence-corrected chi connectivity index (χ3v) is 3.34. The number of Topliss-reactive ketones (excluding diaryl/α,β-unsaturated/α-hetero) is 1. The summed E-state index contributed by atoms with van der Waals surface area (Å²) in [6, 6.07) is 9.00. The number of hydrogen-bond donors (Lipinski definition) is 0. The van der Waals surface area contributed by atoms with Gasteiger partial charge in [0.2, 0.25) is 5.78 Å². The second-order valence-electron chi connectivity index (χ2n) is 3.55. The predicted octanol–water partition coefficient (Wildman–Crippen LogP) is 3.51. The SMILES string of the molecule is O=C(c1ccco1)C(Br)c1ccc([N+](=O)[O-])cc1. The highest BCUT2D eigenvalue weighted by Crippen LogP contribution is 2.28. The highest BCUT2D eigenvalue weighted by molar-refractivity contribution is 9.09. The minimum Gasteiger partial charge on any atom is -0.461 e. The molecule has 2 aromatic rings. The van der Waals surface area contributed by atoms with Crippen molar-refractivity contribution in [2.75, 3.05) is 0 Å². The maximum absolute atomic E-state index is 12.0. The Bertz CT molecular complexity index is 562. The van der Waals surface area contributed by atoms with Gasteiger partial charge in [0.1, 0.15) is 4.83 Å². The molecule has 0 aliphatic heterocycles. The van der Waals surface area contributed by atoms with E-state index < -0.39 is 9.75 Å². The number of alkyl halides is 1. The van der Waals surface area contributed by atoms with Gasteiger partial charge in [-0.3, -0.25) is 14.9 Å². The van der Waals surface area contributed by atoms with Crippen LogP contribution < -0.4 is 0 Å². The Morgan fingerprint density at radius 3 is 2.44 bits per heavy atom. The summed E-state index contributed by atoms with van der Waals surface area (Å²) in [5.74, 6) is 0.0177. The Hall–Kier alpha value is -1.95. The van der Waals surface area contributed by atoms with Crippen LogP contribution in [0.3, 0.4) is 0 Å². The highest BCUT2D eigenvalue weighted by Gasteiger charge is 2.21. The topological polar surface area (TPSA) is 73.3 Å². The first kappa shape index (κ1) is 12.5. The first-order chi connectivity index (χ1) is 8.59. The van der Waals surface area contributed by atoms with Gasteiger partial charge in [0.25, 0.3) is 5.69 Å². The summed E-state index contributed by atoms with van der Waals surface area (Å²) >= 11 is 3.25. The van der Waals surface area contributed by atoms with Crippen molar-refractivity contribution in [3.8, 4) is 0 Å². The molecule has 1 unspecified atom stereocenters. The third-order valence-electron chi connectivity index (χ3n) is 2.39. The van der Waals surface area contributed by atoms with Gasteiger partial charge in [-0.05, 0) is 17.7 Å². The average Bonchev–Trinajstić information content (AvgIpc) is 2.91. The molecule has 0 aliphatic rings. The smallest absolute Gasteiger partial charge is 0.269 e. The molecule has 92 valence electrons. The molecular formula is C12H8BrNO4. The van der Waals surface area contributed by atoms with Gasteiger partial charge < -0.3 is 4.42 Å².